The third kappa shape index (κ3) is 5.94. The second-order valence-electron chi connectivity index (χ2n) is 7.23. The number of nitrogens with zero attached hydrogens (tertiary/aromatic N) is 1. The lowest BCUT2D eigenvalue weighted by atomic mass is 9.75. The van der Waals surface area contributed by atoms with Gasteiger partial charge in [-0.2, -0.15) is 0 Å². The molecule has 0 spiro atoms. The van der Waals surface area contributed by atoms with E-state index in [2.05, 4.69) is 44.8 Å². The highest BCUT2D eigenvalue weighted by atomic mass is 16.2. The molecule has 0 aromatic carbocycles. The predicted octanol–water partition coefficient (Wildman–Crippen LogP) is 3.05. The number of nitrogens with one attached hydrogen (secondary N) is 1. The number of amides is 1. The molecule has 3 heteroatoms. The average molecular weight is 268 g/mol. The fourth-order valence-electron chi connectivity index (χ4n) is 2.78. The maximum Gasteiger partial charge on any atom is 0.222 e. The molecule has 1 amide bonds. The molecule has 3 nitrogen and oxygen atoms in total. The number of hydrogen-bond donors (Lipinski definition) is 1. The fraction of sp³-hybridized carbons (Fsp3) is 0.938. The van der Waals surface area contributed by atoms with Crippen LogP contribution in [0.2, 0.25) is 0 Å². The molecule has 1 fully saturated rings. The topological polar surface area (TPSA) is 32.3 Å². The van der Waals surface area contributed by atoms with Gasteiger partial charge in [0.25, 0.3) is 0 Å². The molecule has 1 N–H and O–H groups in total. The van der Waals surface area contributed by atoms with Crippen LogP contribution >= 0.6 is 0 Å². The number of hydrogen-bond acceptors (Lipinski definition) is 2. The average Bonchev–Trinajstić information content (AvgIpc) is 2.33. The van der Waals surface area contributed by atoms with Crippen molar-refractivity contribution in [1.82, 2.24) is 10.2 Å². The van der Waals surface area contributed by atoms with Crippen molar-refractivity contribution >= 4 is 5.91 Å². The highest BCUT2D eigenvalue weighted by Gasteiger charge is 2.29. The molecule has 0 aromatic rings. The molecule has 19 heavy (non-hydrogen) atoms. The van der Waals surface area contributed by atoms with E-state index in [-0.39, 0.29) is 0 Å². The molecule has 0 saturated carbocycles. The number of carbonyl (C=O) groups excluding carboxylic acids is 1. The Bertz CT molecular complexity index is 273. The lowest BCUT2D eigenvalue weighted by molar-refractivity contribution is -0.133. The lowest BCUT2D eigenvalue weighted by Crippen LogP contribution is -2.41. The zero-order chi connectivity index (χ0) is 14.5. The van der Waals surface area contributed by atoms with Gasteiger partial charge in [-0.3, -0.25) is 4.79 Å². The second-order valence-corrected chi connectivity index (χ2v) is 7.23. The summed E-state index contributed by atoms with van der Waals surface area (Å²) in [5.74, 6) is 1.11. The Morgan fingerprint density at radius 2 is 1.84 bits per heavy atom. The first-order chi connectivity index (χ1) is 8.80. The van der Waals surface area contributed by atoms with E-state index in [1.165, 1.54) is 12.8 Å². The Morgan fingerprint density at radius 1 is 1.26 bits per heavy atom. The molecule has 112 valence electrons. The van der Waals surface area contributed by atoms with Crippen molar-refractivity contribution in [1.29, 1.82) is 0 Å². The Balaban J connectivity index is 2.22. The standard InChI is InChI=1S/C16H32N2O/c1-13(2)17-10-6-7-15(19)18-11-8-14(9-12-18)16(3,4)5/h13-14,17H,6-12H2,1-5H3. The summed E-state index contributed by atoms with van der Waals surface area (Å²) < 4.78 is 0. The summed E-state index contributed by atoms with van der Waals surface area (Å²) in [6, 6.07) is 0.512. The van der Waals surface area contributed by atoms with Crippen LogP contribution in [-0.2, 0) is 4.79 Å². The van der Waals surface area contributed by atoms with Crippen LogP contribution < -0.4 is 5.32 Å². The predicted molar refractivity (Wildman–Crippen MR) is 81.1 cm³/mol. The van der Waals surface area contributed by atoms with Crippen LogP contribution in [0.15, 0.2) is 0 Å². The van der Waals surface area contributed by atoms with Crippen LogP contribution in [0.4, 0.5) is 0 Å². The van der Waals surface area contributed by atoms with Crippen LogP contribution in [0.3, 0.4) is 0 Å². The molecule has 0 aliphatic carbocycles. The van der Waals surface area contributed by atoms with Crippen molar-refractivity contribution < 1.29 is 4.79 Å². The van der Waals surface area contributed by atoms with Crippen LogP contribution in [0.1, 0.15) is 60.3 Å². The van der Waals surface area contributed by atoms with Crippen molar-refractivity contribution in [3.8, 4) is 0 Å². The minimum atomic E-state index is 0.345. The number of rotatable bonds is 5. The van der Waals surface area contributed by atoms with Gasteiger partial charge in [0.05, 0.1) is 0 Å². The van der Waals surface area contributed by atoms with E-state index >= 15 is 0 Å². The van der Waals surface area contributed by atoms with Crippen LogP contribution in [0.25, 0.3) is 0 Å². The van der Waals surface area contributed by atoms with Gasteiger partial charge < -0.3 is 10.2 Å². The van der Waals surface area contributed by atoms with Gasteiger partial charge in [0, 0.05) is 25.6 Å². The highest BCUT2D eigenvalue weighted by Crippen LogP contribution is 2.34. The van der Waals surface area contributed by atoms with Crippen molar-refractivity contribution in [2.45, 2.75) is 66.3 Å². The SMILES string of the molecule is CC(C)NCCCC(=O)N1CCC(C(C)(C)C)CC1. The zero-order valence-electron chi connectivity index (χ0n) is 13.5. The molecule has 1 rings (SSSR count). The highest BCUT2D eigenvalue weighted by molar-refractivity contribution is 5.76. The monoisotopic (exact) mass is 268 g/mol. The molecular weight excluding hydrogens is 236 g/mol. The van der Waals surface area contributed by atoms with E-state index < -0.39 is 0 Å². The lowest BCUT2D eigenvalue weighted by Gasteiger charge is -2.38. The Kier molecular flexibility index (Phi) is 6.31. The van der Waals surface area contributed by atoms with Crippen LogP contribution in [0, 0.1) is 11.3 Å². The van der Waals surface area contributed by atoms with Crippen LogP contribution in [-0.4, -0.2) is 36.5 Å². The first-order valence-corrected chi connectivity index (χ1v) is 7.82. The molecule has 0 aromatic heterocycles. The second kappa shape index (κ2) is 7.28. The molecule has 1 aliphatic heterocycles. The number of carbonyl (C=O) groups is 1. The van der Waals surface area contributed by atoms with Gasteiger partial charge in [-0.1, -0.05) is 34.6 Å². The van der Waals surface area contributed by atoms with Gasteiger partial charge >= 0.3 is 0 Å². The van der Waals surface area contributed by atoms with E-state index in [1.807, 2.05) is 0 Å². The number of piperidine rings is 1. The van der Waals surface area contributed by atoms with Crippen LogP contribution in [0.5, 0.6) is 0 Å². The fourth-order valence-corrected chi connectivity index (χ4v) is 2.78. The molecular formula is C16H32N2O. The first kappa shape index (κ1) is 16.5. The molecule has 0 bridgehead atoms. The van der Waals surface area contributed by atoms with Gasteiger partial charge in [-0.25, -0.2) is 0 Å². The van der Waals surface area contributed by atoms with E-state index in [4.69, 9.17) is 0 Å². The third-order valence-electron chi connectivity index (χ3n) is 4.19. The van der Waals surface area contributed by atoms with Crippen molar-refractivity contribution in [2.75, 3.05) is 19.6 Å². The first-order valence-electron chi connectivity index (χ1n) is 7.82. The molecule has 1 heterocycles. The number of likely N-dealkylation sites (tertiary alicyclic amines) is 1. The van der Waals surface area contributed by atoms with E-state index in [0.717, 1.165) is 32.0 Å². The summed E-state index contributed by atoms with van der Waals surface area (Å²) in [7, 11) is 0. The van der Waals surface area contributed by atoms with Crippen molar-refractivity contribution in [3.63, 3.8) is 0 Å². The van der Waals surface area contributed by atoms with Gasteiger partial charge in [0.15, 0.2) is 0 Å². The minimum Gasteiger partial charge on any atom is -0.343 e. The van der Waals surface area contributed by atoms with Gasteiger partial charge in [-0.15, -0.1) is 0 Å². The van der Waals surface area contributed by atoms with Crippen molar-refractivity contribution in [2.24, 2.45) is 11.3 Å². The maximum atomic E-state index is 12.1. The largest absolute Gasteiger partial charge is 0.343 e. The van der Waals surface area contributed by atoms with E-state index in [1.54, 1.807) is 0 Å². The minimum absolute atomic E-state index is 0.345. The Morgan fingerprint density at radius 3 is 2.32 bits per heavy atom. The summed E-state index contributed by atoms with van der Waals surface area (Å²) in [6.45, 7) is 14.1. The summed E-state index contributed by atoms with van der Waals surface area (Å²) in [5, 5.41) is 3.36. The molecule has 0 radical (unpaired) electrons. The quantitative estimate of drug-likeness (QED) is 0.777. The zero-order valence-corrected chi connectivity index (χ0v) is 13.5. The summed E-state index contributed by atoms with van der Waals surface area (Å²) in [6.07, 6.45) is 3.98. The van der Waals surface area contributed by atoms with Gasteiger partial charge in [0.2, 0.25) is 5.91 Å². The molecule has 0 unspecified atom stereocenters. The Labute approximate surface area is 119 Å². The summed E-state index contributed by atoms with van der Waals surface area (Å²) in [4.78, 5) is 14.2. The normalized spacial score (nSPS) is 18.1. The molecule has 1 saturated heterocycles. The van der Waals surface area contributed by atoms with E-state index in [9.17, 15) is 4.79 Å². The van der Waals surface area contributed by atoms with Gasteiger partial charge in [0.1, 0.15) is 0 Å². The Hall–Kier alpha value is -0.570. The maximum absolute atomic E-state index is 12.1. The summed E-state index contributed by atoms with van der Waals surface area (Å²) >= 11 is 0. The molecule has 1 aliphatic rings. The van der Waals surface area contributed by atoms with Gasteiger partial charge in [-0.05, 0) is 37.1 Å². The molecule has 0 atom stereocenters. The third-order valence-corrected chi connectivity index (χ3v) is 4.19. The van der Waals surface area contributed by atoms with E-state index in [0.29, 0.717) is 23.8 Å². The summed E-state index contributed by atoms with van der Waals surface area (Å²) in [5.41, 5.74) is 0.385. The van der Waals surface area contributed by atoms with Crippen molar-refractivity contribution in [3.05, 3.63) is 0 Å². The smallest absolute Gasteiger partial charge is 0.222 e.